The number of carbonyl (C=O) groups excluding carboxylic acids is 1. The number of aryl methyl sites for hydroxylation is 1. The predicted molar refractivity (Wildman–Crippen MR) is 137 cm³/mol. The molecule has 1 unspecified atom stereocenters. The molecule has 1 N–H and O–H groups in total. The number of fused-ring (bicyclic) bond motifs is 1. The highest BCUT2D eigenvalue weighted by atomic mass is 19.4. The molecular formula is C26H28F4N6O4. The van der Waals surface area contributed by atoms with E-state index in [4.69, 9.17) is 4.74 Å². The van der Waals surface area contributed by atoms with Crippen LogP contribution in [0.3, 0.4) is 0 Å². The van der Waals surface area contributed by atoms with Crippen molar-refractivity contribution in [1.82, 2.24) is 24.0 Å². The number of aromatic nitrogens is 4. The van der Waals surface area contributed by atoms with E-state index >= 15 is 0 Å². The highest BCUT2D eigenvalue weighted by Gasteiger charge is 2.44. The van der Waals surface area contributed by atoms with Crippen LogP contribution in [0.15, 0.2) is 45.1 Å². The van der Waals surface area contributed by atoms with E-state index in [1.54, 1.807) is 18.7 Å². The Bertz CT molecular complexity index is 1620. The zero-order chi connectivity index (χ0) is 28.9. The third kappa shape index (κ3) is 4.91. The molecule has 0 spiro atoms. The van der Waals surface area contributed by atoms with Gasteiger partial charge in [0.1, 0.15) is 5.82 Å². The number of carbonyl (C=O) groups is 1. The maximum absolute atomic E-state index is 13.9. The van der Waals surface area contributed by atoms with Crippen LogP contribution in [0.4, 0.5) is 23.5 Å². The van der Waals surface area contributed by atoms with Gasteiger partial charge in [0.05, 0.1) is 6.54 Å². The number of anilines is 1. The van der Waals surface area contributed by atoms with Gasteiger partial charge in [0.15, 0.2) is 17.4 Å². The summed E-state index contributed by atoms with van der Waals surface area (Å²) in [5.41, 5.74) is 0.662. The molecule has 0 bridgehead atoms. The van der Waals surface area contributed by atoms with Crippen LogP contribution in [0.1, 0.15) is 38.5 Å². The molecule has 214 valence electrons. The van der Waals surface area contributed by atoms with Gasteiger partial charge in [-0.1, -0.05) is 26.0 Å². The molecule has 4 heterocycles. The molecule has 1 atom stereocenters. The summed E-state index contributed by atoms with van der Waals surface area (Å²) in [4.78, 5) is 45.7. The van der Waals surface area contributed by atoms with Crippen molar-refractivity contribution in [1.29, 1.82) is 0 Å². The molecule has 2 aromatic heterocycles. The lowest BCUT2D eigenvalue weighted by Gasteiger charge is -2.27. The minimum Gasteiger partial charge on any atom is -0.434 e. The third-order valence-corrected chi connectivity index (χ3v) is 7.09. The van der Waals surface area contributed by atoms with Gasteiger partial charge in [-0.3, -0.25) is 18.5 Å². The Labute approximate surface area is 225 Å². The van der Waals surface area contributed by atoms with E-state index in [1.807, 2.05) is 0 Å². The summed E-state index contributed by atoms with van der Waals surface area (Å²) in [7, 11) is 1.40. The van der Waals surface area contributed by atoms with Crippen LogP contribution in [-0.2, 0) is 23.1 Å². The molecule has 0 amide bonds. The van der Waals surface area contributed by atoms with Crippen LogP contribution >= 0.6 is 0 Å². The number of esters is 1. The van der Waals surface area contributed by atoms with Gasteiger partial charge in [-0.2, -0.15) is 18.2 Å². The molecule has 0 aliphatic carbocycles. The number of nitrogens with zero attached hydrogens (tertiary/aromatic N) is 5. The summed E-state index contributed by atoms with van der Waals surface area (Å²) in [5.74, 6) is -3.03. The van der Waals surface area contributed by atoms with Crippen LogP contribution in [0, 0.1) is 11.7 Å². The Kier molecular flexibility index (Phi) is 7.06. The first-order valence-electron chi connectivity index (χ1n) is 12.8. The summed E-state index contributed by atoms with van der Waals surface area (Å²) < 4.78 is 61.8. The molecule has 0 saturated heterocycles. The summed E-state index contributed by atoms with van der Waals surface area (Å²) in [6.45, 7) is 4.86. The standard InChI is InChI=1S/C26H28F4N6O4/c1-14(2)10-19(40-23(38)26(28,29)30)36-20-21(32-24(36)34-9-8-16-11-31-12-18(16)34)33(3)25(39)35(22(20)37)13-15-4-6-17(27)7-5-15/h4-7,14,19,31H,8-13H2,1-3H3. The highest BCUT2D eigenvalue weighted by molar-refractivity contribution is 5.78. The molecule has 0 radical (unpaired) electrons. The second-order valence-electron chi connectivity index (χ2n) is 10.4. The van der Waals surface area contributed by atoms with Crippen molar-refractivity contribution < 1.29 is 27.1 Å². The van der Waals surface area contributed by atoms with Crippen molar-refractivity contribution in [2.75, 3.05) is 24.5 Å². The summed E-state index contributed by atoms with van der Waals surface area (Å²) >= 11 is 0. The molecule has 14 heteroatoms. The molecular weight excluding hydrogens is 536 g/mol. The van der Waals surface area contributed by atoms with Crippen molar-refractivity contribution in [2.24, 2.45) is 13.0 Å². The molecule has 2 aliphatic rings. The third-order valence-electron chi connectivity index (χ3n) is 7.09. The van der Waals surface area contributed by atoms with Gasteiger partial charge >= 0.3 is 17.8 Å². The Morgan fingerprint density at radius 3 is 2.50 bits per heavy atom. The highest BCUT2D eigenvalue weighted by Crippen LogP contribution is 2.36. The second kappa shape index (κ2) is 10.2. The zero-order valence-corrected chi connectivity index (χ0v) is 22.1. The molecule has 3 aromatic rings. The maximum atomic E-state index is 13.9. The summed E-state index contributed by atoms with van der Waals surface area (Å²) in [6.07, 6.45) is -6.19. The van der Waals surface area contributed by atoms with E-state index in [1.165, 1.54) is 35.9 Å². The smallest absolute Gasteiger partial charge is 0.434 e. The van der Waals surface area contributed by atoms with Crippen LogP contribution in [0.5, 0.6) is 0 Å². The van der Waals surface area contributed by atoms with E-state index in [-0.39, 0.29) is 36.0 Å². The Balaban J connectivity index is 1.76. The predicted octanol–water partition coefficient (Wildman–Crippen LogP) is 2.80. The quantitative estimate of drug-likeness (QED) is 0.348. The van der Waals surface area contributed by atoms with Crippen LogP contribution in [0.2, 0.25) is 0 Å². The van der Waals surface area contributed by atoms with Crippen molar-refractivity contribution in [3.05, 3.63) is 67.8 Å². The van der Waals surface area contributed by atoms with Crippen molar-refractivity contribution in [2.45, 2.75) is 45.6 Å². The van der Waals surface area contributed by atoms with Gasteiger partial charge < -0.3 is 15.0 Å². The first kappa shape index (κ1) is 27.6. The second-order valence-corrected chi connectivity index (χ2v) is 10.4. The number of ether oxygens (including phenoxy) is 1. The van der Waals surface area contributed by atoms with Gasteiger partial charge in [-0.05, 0) is 35.6 Å². The van der Waals surface area contributed by atoms with E-state index in [2.05, 4.69) is 10.3 Å². The van der Waals surface area contributed by atoms with Crippen LogP contribution < -0.4 is 21.5 Å². The first-order valence-corrected chi connectivity index (χ1v) is 12.8. The largest absolute Gasteiger partial charge is 0.491 e. The Hall–Kier alpha value is -3.94. The van der Waals surface area contributed by atoms with Gasteiger partial charge in [-0.25, -0.2) is 14.0 Å². The lowest BCUT2D eigenvalue weighted by molar-refractivity contribution is -0.209. The minimum absolute atomic E-state index is 0.0570. The molecule has 2 aliphatic heterocycles. The number of nitrogens with one attached hydrogen (secondary N) is 1. The normalized spacial score (nSPS) is 16.4. The van der Waals surface area contributed by atoms with Gasteiger partial charge in [0.2, 0.25) is 5.95 Å². The SMILES string of the molecule is CC(C)CC(OC(=O)C(F)(F)F)n1c(N2CCC3=C2CNC3)nc2c1c(=O)n(Cc1ccc(F)cc1)c(=O)n2C. The molecule has 40 heavy (non-hydrogen) atoms. The number of benzene rings is 1. The number of alkyl halides is 3. The average Bonchev–Trinajstić information content (AvgIpc) is 3.60. The number of rotatable bonds is 7. The molecule has 5 rings (SSSR count). The average molecular weight is 565 g/mol. The van der Waals surface area contributed by atoms with Crippen molar-refractivity contribution in [3.63, 3.8) is 0 Å². The fourth-order valence-electron chi connectivity index (χ4n) is 5.18. The Morgan fingerprint density at radius 2 is 1.85 bits per heavy atom. The van der Waals surface area contributed by atoms with Gasteiger partial charge in [0.25, 0.3) is 5.56 Å². The van der Waals surface area contributed by atoms with E-state index < -0.39 is 35.4 Å². The monoisotopic (exact) mass is 564 g/mol. The number of hydrogen-bond acceptors (Lipinski definition) is 7. The fraction of sp³-hybridized carbons (Fsp3) is 0.462. The van der Waals surface area contributed by atoms with Crippen LogP contribution in [0.25, 0.3) is 11.2 Å². The van der Waals surface area contributed by atoms with Crippen molar-refractivity contribution >= 4 is 23.1 Å². The van der Waals surface area contributed by atoms with Gasteiger partial charge in [-0.15, -0.1) is 0 Å². The first-order chi connectivity index (χ1) is 18.9. The lowest BCUT2D eigenvalue weighted by atomic mass is 10.1. The molecule has 10 nitrogen and oxygen atoms in total. The summed E-state index contributed by atoms with van der Waals surface area (Å²) in [6, 6.07) is 5.23. The topological polar surface area (TPSA) is 103 Å². The molecule has 0 fully saturated rings. The summed E-state index contributed by atoms with van der Waals surface area (Å²) in [5, 5.41) is 3.23. The number of imidazole rings is 1. The maximum Gasteiger partial charge on any atom is 0.491 e. The van der Waals surface area contributed by atoms with Crippen molar-refractivity contribution in [3.8, 4) is 0 Å². The Morgan fingerprint density at radius 1 is 1.15 bits per heavy atom. The number of halogens is 4. The molecule has 0 saturated carbocycles. The van der Waals surface area contributed by atoms with Crippen LogP contribution in [-0.4, -0.2) is 50.5 Å². The fourth-order valence-corrected chi connectivity index (χ4v) is 5.18. The minimum atomic E-state index is -5.26. The lowest BCUT2D eigenvalue weighted by Crippen LogP contribution is -2.40. The van der Waals surface area contributed by atoms with Gasteiger partial charge in [0, 0.05) is 38.8 Å². The van der Waals surface area contributed by atoms with E-state index in [0.29, 0.717) is 31.6 Å². The molecule has 1 aromatic carbocycles. The number of hydrogen-bond donors (Lipinski definition) is 1. The van der Waals surface area contributed by atoms with E-state index in [9.17, 15) is 31.9 Å². The van der Waals surface area contributed by atoms with E-state index in [0.717, 1.165) is 20.4 Å². The zero-order valence-electron chi connectivity index (χ0n) is 22.1.